The van der Waals surface area contributed by atoms with Gasteiger partial charge in [0.05, 0.1) is 21.2 Å². The largest absolute Gasteiger partial charge is 0.480 e. The number of allylic oxidation sites excluding steroid dienone is 1. The number of ether oxygens (including phenoxy) is 1. The summed E-state index contributed by atoms with van der Waals surface area (Å²) in [5.74, 6) is -0.151. The maximum absolute atomic E-state index is 13.4. The number of para-hydroxylation sites is 1. The summed E-state index contributed by atoms with van der Waals surface area (Å²) in [6.07, 6.45) is 4.32. The zero-order chi connectivity index (χ0) is 26.2. The fraction of sp³-hybridized carbons (Fsp3) is 0.333. The number of rotatable bonds is 8. The average Bonchev–Trinajstić information content (AvgIpc) is 3.32. The summed E-state index contributed by atoms with van der Waals surface area (Å²) in [5, 5.41) is 16.6. The number of hydrogen-bond acceptors (Lipinski definition) is 7. The molecule has 9 nitrogen and oxygen atoms in total. The number of aromatic nitrogens is 2. The summed E-state index contributed by atoms with van der Waals surface area (Å²) in [5.41, 5.74) is 2.95. The van der Waals surface area contributed by atoms with Crippen molar-refractivity contribution in [3.8, 4) is 0 Å². The van der Waals surface area contributed by atoms with E-state index in [0.717, 1.165) is 38.0 Å². The number of anilines is 3. The second-order valence-corrected chi connectivity index (χ2v) is 11.4. The van der Waals surface area contributed by atoms with E-state index in [2.05, 4.69) is 17.0 Å². The Bertz CT molecular complexity index is 1440. The summed E-state index contributed by atoms with van der Waals surface area (Å²) in [7, 11) is -1.76. The normalized spacial score (nSPS) is 17.5. The fourth-order valence-corrected chi connectivity index (χ4v) is 6.85. The Labute approximate surface area is 216 Å². The number of fused-ring (bicyclic) bond motifs is 2. The molecule has 2 N–H and O–H groups in total. The highest BCUT2D eigenvalue weighted by Gasteiger charge is 2.33. The number of nitrogens with one attached hydrogen (secondary N) is 1. The van der Waals surface area contributed by atoms with E-state index >= 15 is 0 Å². The molecule has 1 unspecified atom stereocenters. The molecule has 1 saturated heterocycles. The van der Waals surface area contributed by atoms with Crippen molar-refractivity contribution in [2.75, 3.05) is 30.5 Å². The first kappa shape index (κ1) is 25.0. The Morgan fingerprint density at radius 2 is 1.89 bits per heavy atom. The molecular weight excluding hydrogens is 492 g/mol. The van der Waals surface area contributed by atoms with Crippen LogP contribution in [-0.4, -0.2) is 49.5 Å². The molecule has 0 saturated carbocycles. The van der Waals surface area contributed by atoms with Crippen LogP contribution in [0.25, 0.3) is 0 Å². The number of nitrogens with zero attached hydrogens (tertiary/aromatic N) is 3. The molecule has 37 heavy (non-hydrogen) atoms. The van der Waals surface area contributed by atoms with Gasteiger partial charge in [0.1, 0.15) is 6.54 Å². The van der Waals surface area contributed by atoms with Gasteiger partial charge in [0.25, 0.3) is 0 Å². The van der Waals surface area contributed by atoms with E-state index in [1.165, 1.54) is 4.68 Å². The van der Waals surface area contributed by atoms with Gasteiger partial charge < -0.3 is 20.1 Å². The van der Waals surface area contributed by atoms with E-state index in [0.29, 0.717) is 33.7 Å². The summed E-state index contributed by atoms with van der Waals surface area (Å²) in [6, 6.07) is 14.3. The van der Waals surface area contributed by atoms with E-state index < -0.39 is 15.8 Å². The monoisotopic (exact) mass is 522 g/mol. The van der Waals surface area contributed by atoms with Crippen LogP contribution in [0.3, 0.4) is 0 Å². The quantitative estimate of drug-likeness (QED) is 0.447. The number of sulfone groups is 1. The van der Waals surface area contributed by atoms with Crippen LogP contribution in [0.2, 0.25) is 0 Å². The molecular formula is C27H30N4O5S. The minimum absolute atomic E-state index is 0.119. The third-order valence-electron chi connectivity index (χ3n) is 7.11. The predicted octanol–water partition coefficient (Wildman–Crippen LogP) is 4.41. The Morgan fingerprint density at radius 1 is 1.16 bits per heavy atom. The molecule has 2 aliphatic rings. The van der Waals surface area contributed by atoms with Gasteiger partial charge in [-0.15, -0.1) is 0 Å². The minimum atomic E-state index is -3.64. The van der Waals surface area contributed by atoms with Gasteiger partial charge in [-0.3, -0.25) is 9.48 Å². The van der Waals surface area contributed by atoms with Crippen LogP contribution in [0.4, 0.5) is 17.2 Å². The molecule has 0 bridgehead atoms. The number of carbonyl (C=O) groups is 1. The number of benzene rings is 2. The van der Waals surface area contributed by atoms with Gasteiger partial charge in [0, 0.05) is 44.1 Å². The Balaban J connectivity index is 1.48. The van der Waals surface area contributed by atoms with Crippen LogP contribution in [0.1, 0.15) is 30.7 Å². The van der Waals surface area contributed by atoms with E-state index in [-0.39, 0.29) is 17.4 Å². The lowest BCUT2D eigenvalue weighted by atomic mass is 9.83. The SMILES string of the molecule is C=C(Nc1ccn(CC(=O)O)n1)C(CC1CCOCC1)c1ccc2c(c1)N(C)c1ccccc1S2(=O)=O. The van der Waals surface area contributed by atoms with Gasteiger partial charge in [0.2, 0.25) is 9.84 Å². The number of hydrogen-bond donors (Lipinski definition) is 2. The van der Waals surface area contributed by atoms with Crippen LogP contribution < -0.4 is 10.2 Å². The predicted molar refractivity (Wildman–Crippen MR) is 140 cm³/mol. The second-order valence-electron chi connectivity index (χ2n) is 9.54. The molecule has 3 heterocycles. The van der Waals surface area contributed by atoms with Crippen LogP contribution in [0.5, 0.6) is 0 Å². The molecule has 0 radical (unpaired) electrons. The van der Waals surface area contributed by atoms with Gasteiger partial charge in [-0.1, -0.05) is 24.8 Å². The Kier molecular flexibility index (Phi) is 6.78. The van der Waals surface area contributed by atoms with E-state index in [9.17, 15) is 13.2 Å². The molecule has 0 amide bonds. The first-order chi connectivity index (χ1) is 17.7. The average molecular weight is 523 g/mol. The lowest BCUT2D eigenvalue weighted by Gasteiger charge is -2.32. The van der Waals surface area contributed by atoms with Crippen molar-refractivity contribution in [3.63, 3.8) is 0 Å². The van der Waals surface area contributed by atoms with Crippen molar-refractivity contribution in [1.29, 1.82) is 0 Å². The van der Waals surface area contributed by atoms with Crippen molar-refractivity contribution in [3.05, 3.63) is 72.6 Å². The van der Waals surface area contributed by atoms with Gasteiger partial charge in [0.15, 0.2) is 5.82 Å². The molecule has 2 aliphatic heterocycles. The molecule has 1 fully saturated rings. The molecule has 2 aromatic carbocycles. The van der Waals surface area contributed by atoms with Crippen molar-refractivity contribution in [2.45, 2.75) is 41.5 Å². The summed E-state index contributed by atoms with van der Waals surface area (Å²) in [6.45, 7) is 5.53. The summed E-state index contributed by atoms with van der Waals surface area (Å²) >= 11 is 0. The van der Waals surface area contributed by atoms with Crippen LogP contribution in [0, 0.1) is 5.92 Å². The van der Waals surface area contributed by atoms with Gasteiger partial charge >= 0.3 is 5.97 Å². The molecule has 10 heteroatoms. The third kappa shape index (κ3) is 4.99. The first-order valence-electron chi connectivity index (χ1n) is 12.2. The van der Waals surface area contributed by atoms with Crippen molar-refractivity contribution in [2.24, 2.45) is 5.92 Å². The molecule has 3 aromatic rings. The smallest absolute Gasteiger partial charge is 0.325 e. The Morgan fingerprint density at radius 3 is 2.65 bits per heavy atom. The van der Waals surface area contributed by atoms with E-state index in [1.54, 1.807) is 30.5 Å². The van der Waals surface area contributed by atoms with Gasteiger partial charge in [-0.25, -0.2) is 8.42 Å². The first-order valence-corrected chi connectivity index (χ1v) is 13.7. The molecule has 0 spiro atoms. The third-order valence-corrected chi connectivity index (χ3v) is 8.96. The van der Waals surface area contributed by atoms with E-state index in [4.69, 9.17) is 9.84 Å². The molecule has 5 rings (SSSR count). The summed E-state index contributed by atoms with van der Waals surface area (Å²) < 4.78 is 33.6. The lowest BCUT2D eigenvalue weighted by molar-refractivity contribution is -0.137. The molecule has 0 aliphatic carbocycles. The van der Waals surface area contributed by atoms with E-state index in [1.807, 2.05) is 36.2 Å². The second kappa shape index (κ2) is 10.0. The lowest BCUT2D eigenvalue weighted by Crippen LogP contribution is -2.23. The zero-order valence-corrected chi connectivity index (χ0v) is 21.4. The standard InChI is InChI=1S/C27H30N4O5S/c1-18(28-26-9-12-31(29-26)17-27(32)33)21(15-19-10-13-36-14-11-19)20-7-8-25-23(16-20)30(2)22-5-3-4-6-24(22)37(25,34)35/h3-9,12,16,19,21H,1,10-11,13-15,17H2,2H3,(H,28,29)(H,32,33). The van der Waals surface area contributed by atoms with Crippen molar-refractivity contribution >= 4 is 33.0 Å². The number of carboxylic acid groups (broad SMARTS) is 1. The fourth-order valence-electron chi connectivity index (χ4n) is 5.15. The summed E-state index contributed by atoms with van der Waals surface area (Å²) in [4.78, 5) is 13.5. The van der Waals surface area contributed by atoms with Crippen LogP contribution in [0.15, 0.2) is 76.8 Å². The van der Waals surface area contributed by atoms with Crippen LogP contribution in [-0.2, 0) is 25.9 Å². The minimum Gasteiger partial charge on any atom is -0.480 e. The molecule has 1 atom stereocenters. The maximum atomic E-state index is 13.4. The van der Waals surface area contributed by atoms with Crippen molar-refractivity contribution in [1.82, 2.24) is 9.78 Å². The molecule has 194 valence electrons. The van der Waals surface area contributed by atoms with Crippen LogP contribution >= 0.6 is 0 Å². The van der Waals surface area contributed by atoms with Gasteiger partial charge in [-0.2, -0.15) is 5.10 Å². The highest BCUT2D eigenvalue weighted by molar-refractivity contribution is 7.92. The van der Waals surface area contributed by atoms with Gasteiger partial charge in [-0.05, 0) is 55.0 Å². The maximum Gasteiger partial charge on any atom is 0.325 e. The zero-order valence-electron chi connectivity index (χ0n) is 20.6. The highest BCUT2D eigenvalue weighted by Crippen LogP contribution is 2.45. The number of aliphatic carboxylic acids is 1. The topological polar surface area (TPSA) is 114 Å². The Hall–Kier alpha value is -3.63. The number of carboxylic acids is 1. The van der Waals surface area contributed by atoms with Crippen molar-refractivity contribution < 1.29 is 23.1 Å². The molecule has 1 aromatic heterocycles. The highest BCUT2D eigenvalue weighted by atomic mass is 32.2.